The number of aromatic nitrogens is 2. The fourth-order valence-electron chi connectivity index (χ4n) is 3.85. The van der Waals surface area contributed by atoms with Crippen molar-refractivity contribution >= 4 is 16.8 Å². The first-order valence-corrected chi connectivity index (χ1v) is 11.6. The Bertz CT molecular complexity index is 998. The van der Waals surface area contributed by atoms with Crippen LogP contribution in [0.1, 0.15) is 54.8 Å². The fourth-order valence-corrected chi connectivity index (χ4v) is 3.85. The molecule has 2 aromatic heterocycles. The first-order valence-electron chi connectivity index (χ1n) is 11.6. The van der Waals surface area contributed by atoms with Crippen LogP contribution < -0.4 is 10.1 Å². The lowest BCUT2D eigenvalue weighted by Crippen LogP contribution is -2.29. The number of fused-ring (bicyclic) bond motifs is 1. The van der Waals surface area contributed by atoms with E-state index in [0.29, 0.717) is 30.6 Å². The highest BCUT2D eigenvalue weighted by Gasteiger charge is 2.18. The van der Waals surface area contributed by atoms with Crippen LogP contribution >= 0.6 is 0 Å². The van der Waals surface area contributed by atoms with Gasteiger partial charge in [-0.1, -0.05) is 42.6 Å². The van der Waals surface area contributed by atoms with E-state index in [2.05, 4.69) is 15.5 Å². The van der Waals surface area contributed by atoms with Crippen LogP contribution in [0.4, 0.5) is 0 Å². The number of aryl methyl sites for hydroxylation is 1. The number of hydrogen-bond donors (Lipinski definition) is 1. The van der Waals surface area contributed by atoms with Crippen LogP contribution in [-0.2, 0) is 11.2 Å². The molecule has 0 aliphatic carbocycles. The third-order valence-corrected chi connectivity index (χ3v) is 5.76. The van der Waals surface area contributed by atoms with Crippen molar-refractivity contribution in [2.45, 2.75) is 44.9 Å². The number of carbonyl (C=O) groups excluding carboxylic acids is 1. The molecule has 170 valence electrons. The normalized spacial score (nSPS) is 15.8. The van der Waals surface area contributed by atoms with Gasteiger partial charge in [0.1, 0.15) is 5.76 Å². The Hall–Kier alpha value is -2.93. The molecule has 1 saturated heterocycles. The first kappa shape index (κ1) is 22.3. The summed E-state index contributed by atoms with van der Waals surface area (Å²) in [5.74, 6) is 1.68. The topological polar surface area (TPSA) is 86.5 Å². The number of nitrogens with one attached hydrogen (secondary N) is 1. The van der Waals surface area contributed by atoms with Gasteiger partial charge in [-0.05, 0) is 31.4 Å². The molecule has 1 atom stereocenters. The molecule has 1 aliphatic heterocycles. The second kappa shape index (κ2) is 11.6. The molecule has 1 unspecified atom stereocenters. The Morgan fingerprint density at radius 1 is 1.09 bits per heavy atom. The quantitative estimate of drug-likeness (QED) is 0.418. The van der Waals surface area contributed by atoms with Crippen LogP contribution in [-0.4, -0.2) is 42.4 Å². The lowest BCUT2D eigenvalue weighted by Gasteiger charge is -2.07. The Kier molecular flexibility index (Phi) is 8.09. The van der Waals surface area contributed by atoms with E-state index in [9.17, 15) is 4.79 Å². The van der Waals surface area contributed by atoms with Crippen molar-refractivity contribution in [3.8, 4) is 5.88 Å². The number of hydrogen-bond acceptors (Lipinski definition) is 6. The summed E-state index contributed by atoms with van der Waals surface area (Å²) in [6.45, 7) is 2.81. The van der Waals surface area contributed by atoms with E-state index in [4.69, 9.17) is 14.0 Å². The van der Waals surface area contributed by atoms with E-state index in [0.717, 1.165) is 74.8 Å². The van der Waals surface area contributed by atoms with Crippen LogP contribution in [0.3, 0.4) is 0 Å². The number of ether oxygens (including phenoxy) is 2. The average molecular weight is 438 g/mol. The number of amides is 1. The smallest absolute Gasteiger partial charge is 0.273 e. The molecular formula is C25H31N3O4. The molecule has 0 bridgehead atoms. The maximum Gasteiger partial charge on any atom is 0.273 e. The maximum absolute atomic E-state index is 12.2. The molecule has 3 heterocycles. The summed E-state index contributed by atoms with van der Waals surface area (Å²) in [5, 5.41) is 7.94. The monoisotopic (exact) mass is 437 g/mol. The third-order valence-electron chi connectivity index (χ3n) is 5.76. The van der Waals surface area contributed by atoms with Crippen LogP contribution in [0, 0.1) is 5.92 Å². The van der Waals surface area contributed by atoms with Crippen LogP contribution in [0.25, 0.3) is 10.9 Å². The van der Waals surface area contributed by atoms with E-state index in [1.807, 2.05) is 36.4 Å². The Morgan fingerprint density at radius 3 is 2.88 bits per heavy atom. The predicted octanol–water partition coefficient (Wildman–Crippen LogP) is 4.56. The molecular weight excluding hydrogens is 406 g/mol. The zero-order valence-electron chi connectivity index (χ0n) is 18.4. The Morgan fingerprint density at radius 2 is 1.97 bits per heavy atom. The molecule has 7 nitrogen and oxygen atoms in total. The van der Waals surface area contributed by atoms with Gasteiger partial charge in [0.2, 0.25) is 5.88 Å². The van der Waals surface area contributed by atoms with Crippen molar-refractivity contribution in [2.24, 2.45) is 5.92 Å². The molecule has 1 amide bonds. The number of para-hydroxylation sites is 1. The summed E-state index contributed by atoms with van der Waals surface area (Å²) < 4.78 is 16.4. The lowest BCUT2D eigenvalue weighted by atomic mass is 10.1. The lowest BCUT2D eigenvalue weighted by molar-refractivity contribution is 0.0936. The molecule has 1 aliphatic rings. The minimum atomic E-state index is -0.173. The molecule has 0 saturated carbocycles. The standard InChI is InChI=1S/C25H31N3O4/c29-25(26-17-19-13-15-30-18-19)23-16-21(32-28-23)9-4-2-1-3-7-14-31-24-12-11-20-8-5-6-10-22(20)27-24/h5-6,8,10-12,16,19H,1-4,7,9,13-15,17-18H2,(H,26,29). The highest BCUT2D eigenvalue weighted by Crippen LogP contribution is 2.17. The van der Waals surface area contributed by atoms with Crippen LogP contribution in [0.2, 0.25) is 0 Å². The SMILES string of the molecule is O=C(NCC1CCOC1)c1cc(CCCCCCCOc2ccc3ccccc3n2)on1. The molecule has 0 spiro atoms. The highest BCUT2D eigenvalue weighted by atomic mass is 16.5. The second-order valence-corrected chi connectivity index (χ2v) is 8.33. The number of unbranched alkanes of at least 4 members (excludes halogenated alkanes) is 4. The third kappa shape index (κ3) is 6.53. The Labute approximate surface area is 188 Å². The van der Waals surface area contributed by atoms with Gasteiger partial charge in [-0.15, -0.1) is 0 Å². The van der Waals surface area contributed by atoms with Crippen molar-refractivity contribution in [1.82, 2.24) is 15.5 Å². The van der Waals surface area contributed by atoms with E-state index in [1.54, 1.807) is 6.07 Å². The van der Waals surface area contributed by atoms with Gasteiger partial charge < -0.3 is 19.3 Å². The van der Waals surface area contributed by atoms with E-state index >= 15 is 0 Å². The number of pyridine rings is 1. The minimum absolute atomic E-state index is 0.173. The summed E-state index contributed by atoms with van der Waals surface area (Å²) in [6, 6.07) is 13.8. The van der Waals surface area contributed by atoms with Gasteiger partial charge in [-0.25, -0.2) is 4.98 Å². The Balaban J connectivity index is 1.05. The summed E-state index contributed by atoms with van der Waals surface area (Å²) >= 11 is 0. The van der Waals surface area contributed by atoms with E-state index in [-0.39, 0.29) is 5.91 Å². The number of carbonyl (C=O) groups is 1. The van der Waals surface area contributed by atoms with Gasteiger partial charge in [0.15, 0.2) is 5.69 Å². The van der Waals surface area contributed by atoms with Gasteiger partial charge in [0.05, 0.1) is 18.7 Å². The van der Waals surface area contributed by atoms with Crippen LogP contribution in [0.5, 0.6) is 5.88 Å². The molecule has 1 N–H and O–H groups in total. The van der Waals surface area contributed by atoms with Crippen molar-refractivity contribution in [3.63, 3.8) is 0 Å². The number of benzene rings is 1. The zero-order chi connectivity index (χ0) is 22.0. The summed E-state index contributed by atoms with van der Waals surface area (Å²) in [6.07, 6.45) is 7.18. The van der Waals surface area contributed by atoms with Crippen molar-refractivity contribution < 1.29 is 18.8 Å². The van der Waals surface area contributed by atoms with E-state index < -0.39 is 0 Å². The minimum Gasteiger partial charge on any atom is -0.478 e. The molecule has 3 aromatic rings. The molecule has 0 radical (unpaired) electrons. The summed E-state index contributed by atoms with van der Waals surface area (Å²) in [5.41, 5.74) is 1.32. The highest BCUT2D eigenvalue weighted by molar-refractivity contribution is 5.92. The van der Waals surface area contributed by atoms with Crippen molar-refractivity contribution in [1.29, 1.82) is 0 Å². The maximum atomic E-state index is 12.2. The second-order valence-electron chi connectivity index (χ2n) is 8.33. The molecule has 1 aromatic carbocycles. The predicted molar refractivity (Wildman–Crippen MR) is 122 cm³/mol. The number of rotatable bonds is 12. The molecule has 1 fully saturated rings. The first-order chi connectivity index (χ1) is 15.8. The summed E-state index contributed by atoms with van der Waals surface area (Å²) in [7, 11) is 0. The number of nitrogens with zero attached hydrogens (tertiary/aromatic N) is 2. The van der Waals surface area contributed by atoms with Crippen LogP contribution in [0.15, 0.2) is 47.0 Å². The van der Waals surface area contributed by atoms with Gasteiger partial charge in [0.25, 0.3) is 5.91 Å². The molecule has 4 rings (SSSR count). The van der Waals surface area contributed by atoms with Crippen molar-refractivity contribution in [2.75, 3.05) is 26.4 Å². The molecule has 32 heavy (non-hydrogen) atoms. The fraction of sp³-hybridized carbons (Fsp3) is 0.480. The van der Waals surface area contributed by atoms with Gasteiger partial charge in [-0.3, -0.25) is 4.79 Å². The van der Waals surface area contributed by atoms with Gasteiger partial charge >= 0.3 is 0 Å². The molecule has 7 heteroatoms. The largest absolute Gasteiger partial charge is 0.478 e. The average Bonchev–Trinajstić information content (AvgIpc) is 3.51. The van der Waals surface area contributed by atoms with Crippen molar-refractivity contribution in [3.05, 3.63) is 53.9 Å². The summed E-state index contributed by atoms with van der Waals surface area (Å²) in [4.78, 5) is 16.7. The van der Waals surface area contributed by atoms with Gasteiger partial charge in [-0.2, -0.15) is 0 Å². The zero-order valence-corrected chi connectivity index (χ0v) is 18.4. The van der Waals surface area contributed by atoms with E-state index in [1.165, 1.54) is 0 Å². The van der Waals surface area contributed by atoms with Gasteiger partial charge in [0, 0.05) is 43.0 Å².